The molecule has 7 heteroatoms. The maximum atomic E-state index is 13.0. The Morgan fingerprint density at radius 3 is 2.00 bits per heavy atom. The second-order valence-corrected chi connectivity index (χ2v) is 8.90. The largest absolute Gasteiger partial charge is 0.374 e. The van der Waals surface area contributed by atoms with Crippen molar-refractivity contribution in [3.05, 3.63) is 84.9 Å². The van der Waals surface area contributed by atoms with Crippen LogP contribution in [-0.2, 0) is 14.8 Å². The van der Waals surface area contributed by atoms with Crippen LogP contribution in [0.1, 0.15) is 6.92 Å². The van der Waals surface area contributed by atoms with Crippen LogP contribution in [0.5, 0.6) is 0 Å². The molecule has 30 heavy (non-hydrogen) atoms. The van der Waals surface area contributed by atoms with Crippen LogP contribution in [0.2, 0.25) is 0 Å². The van der Waals surface area contributed by atoms with Crippen molar-refractivity contribution in [2.45, 2.75) is 17.9 Å². The normalized spacial score (nSPS) is 12.1. The SMILES string of the molecule is C[C@H](Nc1cccc(S(=O)(=O)N(C)c2ccccc2)c1)C(=O)N(C)c1ccccc1. The molecule has 0 aliphatic carbocycles. The number of benzene rings is 3. The number of carbonyl (C=O) groups excluding carboxylic acids is 1. The summed E-state index contributed by atoms with van der Waals surface area (Å²) in [6.07, 6.45) is 0. The molecule has 0 spiro atoms. The molecule has 0 saturated heterocycles. The van der Waals surface area contributed by atoms with Crippen molar-refractivity contribution in [2.75, 3.05) is 28.6 Å². The van der Waals surface area contributed by atoms with Gasteiger partial charge in [-0.3, -0.25) is 9.10 Å². The second kappa shape index (κ2) is 9.00. The quantitative estimate of drug-likeness (QED) is 0.624. The van der Waals surface area contributed by atoms with Gasteiger partial charge in [-0.2, -0.15) is 0 Å². The van der Waals surface area contributed by atoms with E-state index in [9.17, 15) is 13.2 Å². The highest BCUT2D eigenvalue weighted by molar-refractivity contribution is 7.92. The maximum Gasteiger partial charge on any atom is 0.264 e. The van der Waals surface area contributed by atoms with Gasteiger partial charge >= 0.3 is 0 Å². The lowest BCUT2D eigenvalue weighted by molar-refractivity contribution is -0.118. The monoisotopic (exact) mass is 423 g/mol. The van der Waals surface area contributed by atoms with E-state index < -0.39 is 16.1 Å². The average Bonchev–Trinajstić information content (AvgIpc) is 2.78. The van der Waals surface area contributed by atoms with Crippen molar-refractivity contribution < 1.29 is 13.2 Å². The van der Waals surface area contributed by atoms with Gasteiger partial charge in [-0.15, -0.1) is 0 Å². The Kier molecular flexibility index (Phi) is 6.42. The van der Waals surface area contributed by atoms with Crippen LogP contribution in [0.25, 0.3) is 0 Å². The highest BCUT2D eigenvalue weighted by Gasteiger charge is 2.23. The van der Waals surface area contributed by atoms with Crippen molar-refractivity contribution in [3.63, 3.8) is 0 Å². The topological polar surface area (TPSA) is 69.7 Å². The third-order valence-corrected chi connectivity index (χ3v) is 6.62. The summed E-state index contributed by atoms with van der Waals surface area (Å²) < 4.78 is 27.3. The lowest BCUT2D eigenvalue weighted by atomic mass is 10.2. The Morgan fingerprint density at radius 1 is 0.833 bits per heavy atom. The fraction of sp³-hybridized carbons (Fsp3) is 0.174. The molecule has 0 aliphatic rings. The Balaban J connectivity index is 1.77. The molecule has 0 bridgehead atoms. The highest BCUT2D eigenvalue weighted by Crippen LogP contribution is 2.24. The number of carbonyl (C=O) groups is 1. The number of hydrogen-bond donors (Lipinski definition) is 1. The molecule has 156 valence electrons. The lowest BCUT2D eigenvalue weighted by Gasteiger charge is -2.23. The molecule has 3 aromatic carbocycles. The van der Waals surface area contributed by atoms with Crippen molar-refractivity contribution >= 4 is 33.0 Å². The van der Waals surface area contributed by atoms with E-state index in [1.54, 1.807) is 67.4 Å². The first-order chi connectivity index (χ1) is 14.3. The molecule has 3 aromatic rings. The number of amides is 1. The molecular formula is C23H25N3O3S. The summed E-state index contributed by atoms with van der Waals surface area (Å²) in [6, 6.07) is 24.2. The van der Waals surface area contributed by atoms with Crippen molar-refractivity contribution in [3.8, 4) is 0 Å². The minimum Gasteiger partial charge on any atom is -0.374 e. The van der Waals surface area contributed by atoms with Gasteiger partial charge in [0.1, 0.15) is 6.04 Å². The number of rotatable bonds is 7. The minimum atomic E-state index is -3.73. The fourth-order valence-corrected chi connectivity index (χ4v) is 4.30. The van der Waals surface area contributed by atoms with Crippen LogP contribution in [0.4, 0.5) is 17.1 Å². The molecule has 0 aromatic heterocycles. The first-order valence-electron chi connectivity index (χ1n) is 9.54. The third kappa shape index (κ3) is 4.63. The Labute approximate surface area is 177 Å². The second-order valence-electron chi connectivity index (χ2n) is 6.93. The van der Waals surface area contributed by atoms with Crippen LogP contribution >= 0.6 is 0 Å². The summed E-state index contributed by atoms with van der Waals surface area (Å²) >= 11 is 0. The van der Waals surface area contributed by atoms with Gasteiger partial charge in [-0.1, -0.05) is 42.5 Å². The molecule has 0 saturated carbocycles. The number of nitrogens with zero attached hydrogens (tertiary/aromatic N) is 2. The summed E-state index contributed by atoms with van der Waals surface area (Å²) in [5.74, 6) is -0.129. The van der Waals surface area contributed by atoms with Gasteiger partial charge in [-0.05, 0) is 49.4 Å². The van der Waals surface area contributed by atoms with E-state index >= 15 is 0 Å². The molecule has 0 aliphatic heterocycles. The summed E-state index contributed by atoms with van der Waals surface area (Å²) in [7, 11) is -0.498. The molecule has 1 amide bonds. The third-order valence-electron chi connectivity index (χ3n) is 4.84. The summed E-state index contributed by atoms with van der Waals surface area (Å²) in [5, 5.41) is 3.11. The number of para-hydroxylation sites is 2. The Morgan fingerprint density at radius 2 is 1.40 bits per heavy atom. The van der Waals surface area contributed by atoms with E-state index in [-0.39, 0.29) is 10.8 Å². The number of anilines is 3. The lowest BCUT2D eigenvalue weighted by Crippen LogP contribution is -2.39. The zero-order chi connectivity index (χ0) is 21.7. The van der Waals surface area contributed by atoms with Crippen LogP contribution in [0, 0.1) is 0 Å². The predicted molar refractivity (Wildman–Crippen MR) is 121 cm³/mol. The first kappa shape index (κ1) is 21.4. The van der Waals surface area contributed by atoms with Crippen LogP contribution in [0.15, 0.2) is 89.8 Å². The summed E-state index contributed by atoms with van der Waals surface area (Å²) in [4.78, 5) is 14.5. The molecule has 1 atom stereocenters. The number of hydrogen-bond acceptors (Lipinski definition) is 4. The summed E-state index contributed by atoms with van der Waals surface area (Å²) in [6.45, 7) is 1.75. The van der Waals surface area contributed by atoms with E-state index in [1.807, 2.05) is 36.4 Å². The fourth-order valence-electron chi connectivity index (χ4n) is 3.06. The van der Waals surface area contributed by atoms with Crippen LogP contribution < -0.4 is 14.5 Å². The first-order valence-corrected chi connectivity index (χ1v) is 11.0. The molecule has 0 radical (unpaired) electrons. The molecule has 3 rings (SSSR count). The molecule has 0 heterocycles. The van der Waals surface area contributed by atoms with Crippen molar-refractivity contribution in [1.29, 1.82) is 0 Å². The van der Waals surface area contributed by atoms with Gasteiger partial charge in [0.2, 0.25) is 5.91 Å². The molecule has 0 unspecified atom stereocenters. The Hall–Kier alpha value is -3.32. The molecule has 6 nitrogen and oxygen atoms in total. The number of nitrogens with one attached hydrogen (secondary N) is 1. The van der Waals surface area contributed by atoms with Gasteiger partial charge in [0.25, 0.3) is 10.0 Å². The number of sulfonamides is 1. The van der Waals surface area contributed by atoms with Crippen LogP contribution in [-0.4, -0.2) is 34.5 Å². The van der Waals surface area contributed by atoms with E-state index in [0.717, 1.165) is 5.69 Å². The van der Waals surface area contributed by atoms with Gasteiger partial charge in [-0.25, -0.2) is 8.42 Å². The van der Waals surface area contributed by atoms with E-state index in [1.165, 1.54) is 11.4 Å². The zero-order valence-corrected chi connectivity index (χ0v) is 18.0. The van der Waals surface area contributed by atoms with Crippen molar-refractivity contribution in [2.24, 2.45) is 0 Å². The highest BCUT2D eigenvalue weighted by atomic mass is 32.2. The van der Waals surface area contributed by atoms with Crippen LogP contribution in [0.3, 0.4) is 0 Å². The van der Waals surface area contributed by atoms with E-state index in [4.69, 9.17) is 0 Å². The van der Waals surface area contributed by atoms with Gasteiger partial charge in [0, 0.05) is 25.5 Å². The molecular weight excluding hydrogens is 398 g/mol. The Bertz CT molecular complexity index is 1100. The molecule has 1 N–H and O–H groups in total. The van der Waals surface area contributed by atoms with Gasteiger partial charge in [0.05, 0.1) is 10.6 Å². The minimum absolute atomic E-state index is 0.129. The smallest absolute Gasteiger partial charge is 0.264 e. The predicted octanol–water partition coefficient (Wildman–Crippen LogP) is 3.98. The number of likely N-dealkylation sites (N-methyl/N-ethyl adjacent to an activating group) is 1. The van der Waals surface area contributed by atoms with E-state index in [2.05, 4.69) is 5.32 Å². The zero-order valence-electron chi connectivity index (χ0n) is 17.2. The molecule has 0 fully saturated rings. The maximum absolute atomic E-state index is 13.0. The van der Waals surface area contributed by atoms with Gasteiger partial charge in [0.15, 0.2) is 0 Å². The summed E-state index contributed by atoms with van der Waals surface area (Å²) in [5.41, 5.74) is 1.92. The average molecular weight is 424 g/mol. The van der Waals surface area contributed by atoms with Gasteiger partial charge < -0.3 is 10.2 Å². The standard InChI is InChI=1S/C23H25N3O3S/c1-18(23(27)25(2)20-12-6-4-7-13-20)24-19-11-10-16-22(17-19)30(28,29)26(3)21-14-8-5-9-15-21/h4-18,24H,1-3H3/t18-/m0/s1. The van der Waals surface area contributed by atoms with Crippen molar-refractivity contribution in [1.82, 2.24) is 0 Å². The van der Waals surface area contributed by atoms with E-state index in [0.29, 0.717) is 11.4 Å².